The molecule has 0 bridgehead atoms. The second-order valence-corrected chi connectivity index (χ2v) is 5.18. The molecule has 0 aromatic carbocycles. The Labute approximate surface area is 127 Å². The van der Waals surface area contributed by atoms with Crippen molar-refractivity contribution >= 4 is 29.4 Å². The van der Waals surface area contributed by atoms with E-state index in [-0.39, 0.29) is 17.6 Å². The zero-order chi connectivity index (χ0) is 16.0. The molecule has 0 aromatic rings. The molecule has 0 spiro atoms. The van der Waals surface area contributed by atoms with Crippen molar-refractivity contribution in [3.8, 4) is 0 Å². The van der Waals surface area contributed by atoms with Crippen LogP contribution in [0.1, 0.15) is 59.3 Å². The van der Waals surface area contributed by atoms with Gasteiger partial charge in [-0.05, 0) is 32.3 Å². The number of carbonyl (C=O) groups excluding carboxylic acids is 3. The Kier molecular flexibility index (Phi) is 15.6. The third-order valence-electron chi connectivity index (χ3n) is 2.57. The number of ketones is 1. The minimum atomic E-state index is -0.0495. The Balaban J connectivity index is 0. The van der Waals surface area contributed by atoms with E-state index in [1.807, 2.05) is 26.4 Å². The van der Waals surface area contributed by atoms with Gasteiger partial charge in [-0.3, -0.25) is 14.5 Å². The van der Waals surface area contributed by atoms with Crippen LogP contribution in [0, 0.1) is 0 Å². The summed E-state index contributed by atoms with van der Waals surface area (Å²) in [5, 5.41) is 0. The summed E-state index contributed by atoms with van der Waals surface area (Å²) in [7, 11) is 0. The van der Waals surface area contributed by atoms with Crippen LogP contribution >= 0.6 is 11.8 Å². The van der Waals surface area contributed by atoms with Gasteiger partial charge < -0.3 is 4.79 Å². The normalized spacial score (nSPS) is 13.3. The van der Waals surface area contributed by atoms with Crippen LogP contribution in [-0.4, -0.2) is 41.6 Å². The van der Waals surface area contributed by atoms with E-state index in [1.54, 1.807) is 18.7 Å². The van der Waals surface area contributed by atoms with Crippen LogP contribution in [0.2, 0.25) is 0 Å². The topological polar surface area (TPSA) is 54.5 Å². The lowest BCUT2D eigenvalue weighted by molar-refractivity contribution is -0.138. The molecule has 20 heavy (non-hydrogen) atoms. The first-order valence-electron chi connectivity index (χ1n) is 7.25. The fourth-order valence-corrected chi connectivity index (χ4v) is 1.69. The van der Waals surface area contributed by atoms with Gasteiger partial charge in [0, 0.05) is 25.8 Å². The van der Waals surface area contributed by atoms with Crippen LogP contribution in [0.15, 0.2) is 0 Å². The molecular weight excluding hydrogens is 274 g/mol. The number of amides is 2. The number of likely N-dealkylation sites (tertiary alicyclic amines) is 1. The van der Waals surface area contributed by atoms with Crippen molar-refractivity contribution in [1.29, 1.82) is 0 Å². The van der Waals surface area contributed by atoms with Crippen LogP contribution in [0.4, 0.5) is 0 Å². The van der Waals surface area contributed by atoms with Crippen molar-refractivity contribution in [2.75, 3.05) is 19.1 Å². The van der Waals surface area contributed by atoms with Gasteiger partial charge in [-0.15, -0.1) is 0 Å². The molecule has 5 heteroatoms. The summed E-state index contributed by atoms with van der Waals surface area (Å²) in [6.07, 6.45) is 7.98. The molecule has 0 atom stereocenters. The lowest BCUT2D eigenvalue weighted by atomic mass is 10.1. The number of hydrogen-bond acceptors (Lipinski definition) is 4. The monoisotopic (exact) mass is 303 g/mol. The Morgan fingerprint density at radius 3 is 1.90 bits per heavy atom. The lowest BCUT2D eigenvalue weighted by Gasteiger charge is -2.12. The minimum Gasteiger partial charge on any atom is -0.300 e. The first-order chi connectivity index (χ1) is 9.52. The van der Waals surface area contributed by atoms with E-state index in [0.29, 0.717) is 25.8 Å². The molecule has 0 aliphatic carbocycles. The predicted octanol–water partition coefficient (Wildman–Crippen LogP) is 3.29. The van der Waals surface area contributed by atoms with Crippen LogP contribution in [0.5, 0.6) is 0 Å². The number of unbranched alkanes of at least 4 members (excludes halogenated alkanes) is 2. The van der Waals surface area contributed by atoms with Gasteiger partial charge in [0.15, 0.2) is 0 Å². The molecule has 1 aliphatic rings. The molecule has 0 aromatic heterocycles. The summed E-state index contributed by atoms with van der Waals surface area (Å²) in [5.74, 6) is 0.0986. The number of imide groups is 1. The fraction of sp³-hybridized carbons (Fsp3) is 0.800. The molecular formula is C15H29NO3S. The molecule has 1 saturated heterocycles. The van der Waals surface area contributed by atoms with Gasteiger partial charge in [-0.25, -0.2) is 0 Å². The van der Waals surface area contributed by atoms with Crippen LogP contribution < -0.4 is 0 Å². The van der Waals surface area contributed by atoms with E-state index in [2.05, 4.69) is 0 Å². The third kappa shape index (κ3) is 11.0. The van der Waals surface area contributed by atoms with E-state index in [4.69, 9.17) is 0 Å². The van der Waals surface area contributed by atoms with E-state index in [0.717, 1.165) is 19.3 Å². The largest absolute Gasteiger partial charge is 0.300 e. The number of nitrogens with zero attached hydrogens (tertiary/aromatic N) is 1. The summed E-state index contributed by atoms with van der Waals surface area (Å²) >= 11 is 1.75. The maximum atomic E-state index is 11.2. The Bertz CT molecular complexity index is 277. The second kappa shape index (κ2) is 14.6. The summed E-state index contributed by atoms with van der Waals surface area (Å²) in [6.45, 7) is 6.10. The molecule has 2 amide bonds. The van der Waals surface area contributed by atoms with Crippen LogP contribution in [0.3, 0.4) is 0 Å². The number of hydrogen-bond donors (Lipinski definition) is 0. The quantitative estimate of drug-likeness (QED) is 0.558. The first-order valence-corrected chi connectivity index (χ1v) is 8.89. The van der Waals surface area contributed by atoms with Gasteiger partial charge in [0.2, 0.25) is 11.8 Å². The zero-order valence-electron chi connectivity index (χ0n) is 13.5. The van der Waals surface area contributed by atoms with Crippen molar-refractivity contribution < 1.29 is 14.4 Å². The lowest BCUT2D eigenvalue weighted by Crippen LogP contribution is -2.29. The van der Waals surface area contributed by atoms with Crippen molar-refractivity contribution in [2.45, 2.75) is 59.3 Å². The Hall–Kier alpha value is -0.840. The smallest absolute Gasteiger partial charge is 0.229 e. The number of thioether (sulfide) groups is 1. The average molecular weight is 303 g/mol. The summed E-state index contributed by atoms with van der Waals surface area (Å²) in [5.41, 5.74) is 0. The van der Waals surface area contributed by atoms with Crippen molar-refractivity contribution in [3.05, 3.63) is 0 Å². The highest BCUT2D eigenvalue weighted by Gasteiger charge is 2.27. The molecule has 1 fully saturated rings. The summed E-state index contributed by atoms with van der Waals surface area (Å²) in [4.78, 5) is 34.4. The SMILES string of the molecule is CC.CC(=O)CCCCCN1C(=O)CCC1=O.CSC. The van der Waals surface area contributed by atoms with Crippen molar-refractivity contribution in [2.24, 2.45) is 0 Å². The molecule has 1 rings (SSSR count). The number of rotatable bonds is 6. The molecule has 118 valence electrons. The van der Waals surface area contributed by atoms with Crippen LogP contribution in [-0.2, 0) is 14.4 Å². The average Bonchev–Trinajstić information content (AvgIpc) is 2.72. The first kappa shape index (κ1) is 21.5. The molecule has 0 unspecified atom stereocenters. The van der Waals surface area contributed by atoms with Gasteiger partial charge in [-0.1, -0.05) is 20.3 Å². The Morgan fingerprint density at radius 1 is 1.05 bits per heavy atom. The molecule has 0 N–H and O–H groups in total. The van der Waals surface area contributed by atoms with Gasteiger partial charge in [0.25, 0.3) is 0 Å². The predicted molar refractivity (Wildman–Crippen MR) is 85.9 cm³/mol. The molecule has 0 radical (unpaired) electrons. The highest BCUT2D eigenvalue weighted by atomic mass is 32.2. The van der Waals surface area contributed by atoms with E-state index in [9.17, 15) is 14.4 Å². The molecule has 4 nitrogen and oxygen atoms in total. The maximum absolute atomic E-state index is 11.2. The van der Waals surface area contributed by atoms with Crippen LogP contribution in [0.25, 0.3) is 0 Å². The summed E-state index contributed by atoms with van der Waals surface area (Å²) < 4.78 is 0. The van der Waals surface area contributed by atoms with Gasteiger partial charge in [0.05, 0.1) is 0 Å². The minimum absolute atomic E-state index is 0.0495. The zero-order valence-corrected chi connectivity index (χ0v) is 14.3. The standard InChI is InChI=1S/C11H17NO3.C2H6S.C2H6/c1-9(13)5-3-2-4-8-12-10(14)6-7-11(12)15;1-3-2;1-2/h2-8H2,1H3;1-2H3;1-2H3. The Morgan fingerprint density at radius 2 is 1.50 bits per heavy atom. The molecule has 1 heterocycles. The van der Waals surface area contributed by atoms with E-state index < -0.39 is 0 Å². The summed E-state index contributed by atoms with van der Waals surface area (Å²) in [6, 6.07) is 0. The van der Waals surface area contributed by atoms with Gasteiger partial charge in [-0.2, -0.15) is 11.8 Å². The second-order valence-electron chi connectivity index (χ2n) is 4.36. The molecule has 1 aliphatic heterocycles. The third-order valence-corrected chi connectivity index (χ3v) is 2.57. The highest BCUT2D eigenvalue weighted by Crippen LogP contribution is 2.13. The van der Waals surface area contributed by atoms with E-state index in [1.165, 1.54) is 4.90 Å². The van der Waals surface area contributed by atoms with Gasteiger partial charge in [0.1, 0.15) is 5.78 Å². The van der Waals surface area contributed by atoms with Gasteiger partial charge >= 0.3 is 0 Å². The van der Waals surface area contributed by atoms with E-state index >= 15 is 0 Å². The van der Waals surface area contributed by atoms with Crippen molar-refractivity contribution in [1.82, 2.24) is 4.90 Å². The number of carbonyl (C=O) groups is 3. The fourth-order valence-electron chi connectivity index (χ4n) is 1.69. The number of Topliss-reactive ketones (excluding diaryl/α,β-unsaturated/α-hetero) is 1. The molecule has 0 saturated carbocycles. The highest BCUT2D eigenvalue weighted by molar-refractivity contribution is 7.97. The maximum Gasteiger partial charge on any atom is 0.229 e. The van der Waals surface area contributed by atoms with Crippen molar-refractivity contribution in [3.63, 3.8) is 0 Å².